The summed E-state index contributed by atoms with van der Waals surface area (Å²) in [6, 6.07) is 4.85. The normalized spacial score (nSPS) is 12.7. The number of alkyl halides is 3. The number of hydrogen-bond donors (Lipinski definition) is 1. The lowest BCUT2D eigenvalue weighted by Crippen LogP contribution is -2.35. The predicted octanol–water partition coefficient (Wildman–Crippen LogP) is 3.64. The van der Waals surface area contributed by atoms with Crippen molar-refractivity contribution in [3.63, 3.8) is 0 Å². The number of halogens is 3. The van der Waals surface area contributed by atoms with Crippen LogP contribution in [0.1, 0.15) is 32.2 Å². The van der Waals surface area contributed by atoms with E-state index in [1.807, 2.05) is 20.8 Å². The van der Waals surface area contributed by atoms with Crippen LogP contribution in [-0.4, -0.2) is 15.7 Å². The lowest BCUT2D eigenvalue weighted by molar-refractivity contribution is -0.137. The number of hydrogen-bond acceptors (Lipinski definition) is 4. The fourth-order valence-corrected chi connectivity index (χ4v) is 1.62. The smallest absolute Gasteiger partial charge is 0.338 e. The Labute approximate surface area is 120 Å². The van der Waals surface area contributed by atoms with Gasteiger partial charge in [0, 0.05) is 11.1 Å². The molecule has 21 heavy (non-hydrogen) atoms. The molecule has 0 unspecified atom stereocenters. The molecule has 0 saturated heterocycles. The number of benzene rings is 1. The van der Waals surface area contributed by atoms with Crippen molar-refractivity contribution in [3.8, 4) is 11.4 Å². The van der Waals surface area contributed by atoms with E-state index in [1.54, 1.807) is 0 Å². The van der Waals surface area contributed by atoms with E-state index >= 15 is 0 Å². The molecule has 1 N–H and O–H groups in total. The van der Waals surface area contributed by atoms with Crippen molar-refractivity contribution in [3.05, 3.63) is 35.7 Å². The van der Waals surface area contributed by atoms with Crippen LogP contribution in [0.3, 0.4) is 0 Å². The molecule has 0 radical (unpaired) electrons. The van der Waals surface area contributed by atoms with Crippen molar-refractivity contribution < 1.29 is 17.7 Å². The molecule has 0 saturated carbocycles. The third-order valence-electron chi connectivity index (χ3n) is 2.69. The van der Waals surface area contributed by atoms with E-state index in [9.17, 15) is 13.2 Å². The summed E-state index contributed by atoms with van der Waals surface area (Å²) in [5, 5.41) is 6.88. The Morgan fingerprint density at radius 3 is 2.52 bits per heavy atom. The molecule has 0 bridgehead atoms. The SMILES string of the molecule is CC(C)(C)NCc1nc(-c2cccc(C(F)(F)F)c2)no1. The fraction of sp³-hybridized carbons (Fsp3) is 0.429. The fourth-order valence-electron chi connectivity index (χ4n) is 1.62. The number of nitrogens with one attached hydrogen (secondary N) is 1. The minimum absolute atomic E-state index is 0.120. The first-order valence-corrected chi connectivity index (χ1v) is 6.40. The molecule has 0 aliphatic carbocycles. The van der Waals surface area contributed by atoms with Gasteiger partial charge in [0.25, 0.3) is 0 Å². The Morgan fingerprint density at radius 2 is 1.90 bits per heavy atom. The summed E-state index contributed by atoms with van der Waals surface area (Å²) >= 11 is 0. The number of rotatable bonds is 3. The lowest BCUT2D eigenvalue weighted by Gasteiger charge is -2.18. The van der Waals surface area contributed by atoms with Gasteiger partial charge in [-0.25, -0.2) is 0 Å². The van der Waals surface area contributed by atoms with Crippen LogP contribution in [0.5, 0.6) is 0 Å². The molecule has 1 heterocycles. The van der Waals surface area contributed by atoms with Crippen LogP contribution in [0.4, 0.5) is 13.2 Å². The third kappa shape index (κ3) is 4.29. The molecule has 0 atom stereocenters. The summed E-state index contributed by atoms with van der Waals surface area (Å²) in [5.41, 5.74) is -0.583. The van der Waals surface area contributed by atoms with E-state index < -0.39 is 11.7 Å². The quantitative estimate of drug-likeness (QED) is 0.940. The standard InChI is InChI=1S/C14H16F3N3O/c1-13(2,3)18-8-11-19-12(20-21-11)9-5-4-6-10(7-9)14(15,16)17/h4-7,18H,8H2,1-3H3. The molecule has 4 nitrogen and oxygen atoms in total. The van der Waals surface area contributed by atoms with Crippen LogP contribution in [-0.2, 0) is 12.7 Å². The summed E-state index contributed by atoms with van der Waals surface area (Å²) in [4.78, 5) is 4.10. The van der Waals surface area contributed by atoms with Crippen LogP contribution in [0.2, 0.25) is 0 Å². The monoisotopic (exact) mass is 299 g/mol. The number of nitrogens with zero attached hydrogens (tertiary/aromatic N) is 2. The van der Waals surface area contributed by atoms with Crippen LogP contribution in [0.15, 0.2) is 28.8 Å². The first-order valence-electron chi connectivity index (χ1n) is 6.40. The van der Waals surface area contributed by atoms with Crippen LogP contribution in [0, 0.1) is 0 Å². The van der Waals surface area contributed by atoms with Gasteiger partial charge in [-0.2, -0.15) is 18.2 Å². The zero-order valence-corrected chi connectivity index (χ0v) is 12.0. The van der Waals surface area contributed by atoms with Crippen molar-refractivity contribution in [2.75, 3.05) is 0 Å². The van der Waals surface area contributed by atoms with E-state index in [2.05, 4.69) is 15.5 Å². The van der Waals surface area contributed by atoms with Crippen molar-refractivity contribution in [2.45, 2.75) is 39.0 Å². The van der Waals surface area contributed by atoms with Gasteiger partial charge < -0.3 is 9.84 Å². The molecule has 0 spiro atoms. The lowest BCUT2D eigenvalue weighted by atomic mass is 10.1. The maximum absolute atomic E-state index is 12.7. The Morgan fingerprint density at radius 1 is 1.19 bits per heavy atom. The van der Waals surface area contributed by atoms with Crippen molar-refractivity contribution in [1.82, 2.24) is 15.5 Å². The van der Waals surface area contributed by atoms with Gasteiger partial charge in [-0.15, -0.1) is 0 Å². The van der Waals surface area contributed by atoms with Crippen LogP contribution < -0.4 is 5.32 Å². The van der Waals surface area contributed by atoms with Crippen LogP contribution >= 0.6 is 0 Å². The second-order valence-corrected chi connectivity index (χ2v) is 5.69. The molecule has 0 aliphatic heterocycles. The molecule has 0 amide bonds. The summed E-state index contributed by atoms with van der Waals surface area (Å²) in [6.45, 7) is 6.31. The summed E-state index contributed by atoms with van der Waals surface area (Å²) in [7, 11) is 0. The van der Waals surface area contributed by atoms with E-state index in [0.717, 1.165) is 12.1 Å². The van der Waals surface area contributed by atoms with Gasteiger partial charge in [0.05, 0.1) is 12.1 Å². The highest BCUT2D eigenvalue weighted by Crippen LogP contribution is 2.31. The maximum Gasteiger partial charge on any atom is 0.416 e. The molecule has 114 valence electrons. The maximum atomic E-state index is 12.7. The van der Waals surface area contributed by atoms with Gasteiger partial charge in [-0.1, -0.05) is 17.3 Å². The summed E-state index contributed by atoms with van der Waals surface area (Å²) in [5.74, 6) is 0.476. The Balaban J connectivity index is 2.18. The second kappa shape index (κ2) is 5.48. The van der Waals surface area contributed by atoms with Gasteiger partial charge in [-0.3, -0.25) is 0 Å². The summed E-state index contributed by atoms with van der Waals surface area (Å²) in [6.07, 6.45) is -4.39. The van der Waals surface area contributed by atoms with Gasteiger partial charge in [-0.05, 0) is 32.9 Å². The van der Waals surface area contributed by atoms with Gasteiger partial charge in [0.1, 0.15) is 0 Å². The van der Waals surface area contributed by atoms with Gasteiger partial charge in [0.15, 0.2) is 0 Å². The second-order valence-electron chi connectivity index (χ2n) is 5.69. The van der Waals surface area contributed by atoms with Crippen molar-refractivity contribution >= 4 is 0 Å². The molecule has 2 aromatic rings. The highest BCUT2D eigenvalue weighted by molar-refractivity contribution is 5.55. The zero-order valence-electron chi connectivity index (χ0n) is 12.0. The van der Waals surface area contributed by atoms with E-state index in [4.69, 9.17) is 4.52 Å². The van der Waals surface area contributed by atoms with Gasteiger partial charge in [0.2, 0.25) is 11.7 Å². The van der Waals surface area contributed by atoms with Gasteiger partial charge >= 0.3 is 6.18 Å². The van der Waals surface area contributed by atoms with Crippen molar-refractivity contribution in [1.29, 1.82) is 0 Å². The third-order valence-corrected chi connectivity index (χ3v) is 2.69. The average molecular weight is 299 g/mol. The zero-order chi connectivity index (χ0) is 15.7. The average Bonchev–Trinajstić information content (AvgIpc) is 2.83. The minimum Gasteiger partial charge on any atom is -0.338 e. The van der Waals surface area contributed by atoms with Crippen molar-refractivity contribution in [2.24, 2.45) is 0 Å². The van der Waals surface area contributed by atoms with E-state index in [-0.39, 0.29) is 16.9 Å². The minimum atomic E-state index is -4.39. The molecule has 1 aromatic heterocycles. The highest BCUT2D eigenvalue weighted by Gasteiger charge is 2.30. The first-order chi connectivity index (χ1) is 9.65. The predicted molar refractivity (Wildman–Crippen MR) is 71.3 cm³/mol. The molecule has 1 aromatic carbocycles. The molecular weight excluding hydrogens is 283 g/mol. The Kier molecular flexibility index (Phi) is 4.04. The van der Waals surface area contributed by atoms with E-state index in [1.165, 1.54) is 12.1 Å². The van der Waals surface area contributed by atoms with Crippen LogP contribution in [0.25, 0.3) is 11.4 Å². The summed E-state index contributed by atoms with van der Waals surface area (Å²) < 4.78 is 43.0. The molecule has 7 heteroatoms. The Hall–Kier alpha value is -1.89. The largest absolute Gasteiger partial charge is 0.416 e. The first kappa shape index (κ1) is 15.5. The number of aromatic nitrogens is 2. The van der Waals surface area contributed by atoms with E-state index in [0.29, 0.717) is 12.4 Å². The molecular formula is C14H16F3N3O. The molecule has 2 rings (SSSR count). The molecule has 0 aliphatic rings. The highest BCUT2D eigenvalue weighted by atomic mass is 19.4. The topological polar surface area (TPSA) is 51.0 Å². The Bertz CT molecular complexity index is 614. The molecule has 0 fully saturated rings.